The van der Waals surface area contributed by atoms with Gasteiger partial charge in [-0.15, -0.1) is 0 Å². The van der Waals surface area contributed by atoms with E-state index in [4.69, 9.17) is 13.8 Å². The minimum Gasteiger partial charge on any atom is -0.378 e. The zero-order chi connectivity index (χ0) is 12.7. The van der Waals surface area contributed by atoms with Crippen LogP contribution in [0.2, 0.25) is 0 Å². The summed E-state index contributed by atoms with van der Waals surface area (Å²) in [5, 5.41) is 0. The van der Waals surface area contributed by atoms with Gasteiger partial charge in [-0.3, -0.25) is 4.57 Å². The van der Waals surface area contributed by atoms with E-state index in [1.54, 1.807) is 0 Å². The predicted molar refractivity (Wildman–Crippen MR) is 68.5 cm³/mol. The number of ether oxygens (including phenoxy) is 1. The van der Waals surface area contributed by atoms with Crippen molar-refractivity contribution in [2.24, 2.45) is 0 Å². The average molecular weight is 264 g/mol. The fourth-order valence-electron chi connectivity index (χ4n) is 2.44. The highest BCUT2D eigenvalue weighted by molar-refractivity contribution is 7.54. The standard InChI is InChI=1S/C12H25O4P/c1-4-14-11-9-7-8-10-12(11)17(13,15-5-2)16-6-3/h11-12H,4-10H2,1-3H3/t11-,12-/m1/s1. The Morgan fingerprint density at radius 3 is 2.12 bits per heavy atom. The van der Waals surface area contributed by atoms with Gasteiger partial charge >= 0.3 is 7.60 Å². The highest BCUT2D eigenvalue weighted by Crippen LogP contribution is 2.57. The van der Waals surface area contributed by atoms with Crippen LogP contribution in [0.15, 0.2) is 0 Å². The van der Waals surface area contributed by atoms with E-state index in [1.807, 2.05) is 20.8 Å². The van der Waals surface area contributed by atoms with Crippen LogP contribution in [0, 0.1) is 0 Å². The van der Waals surface area contributed by atoms with Gasteiger partial charge in [0.1, 0.15) is 0 Å². The number of hydrogen-bond acceptors (Lipinski definition) is 4. The molecule has 0 amide bonds. The first kappa shape index (κ1) is 15.2. The predicted octanol–water partition coefficient (Wildman–Crippen LogP) is 3.60. The molecule has 0 N–H and O–H groups in total. The molecule has 0 spiro atoms. The molecule has 5 heteroatoms. The van der Waals surface area contributed by atoms with Crippen LogP contribution in [-0.4, -0.2) is 31.6 Å². The molecule has 0 unspecified atom stereocenters. The molecule has 0 aliphatic heterocycles. The van der Waals surface area contributed by atoms with Crippen LogP contribution in [0.3, 0.4) is 0 Å². The molecule has 0 aromatic rings. The van der Waals surface area contributed by atoms with Gasteiger partial charge in [0.25, 0.3) is 0 Å². The molecule has 1 saturated carbocycles. The molecule has 2 atom stereocenters. The van der Waals surface area contributed by atoms with Gasteiger partial charge in [0, 0.05) is 6.61 Å². The molecule has 0 heterocycles. The first-order valence-electron chi connectivity index (χ1n) is 6.68. The Bertz CT molecular complexity index is 245. The molecule has 0 aromatic heterocycles. The van der Waals surface area contributed by atoms with Gasteiger partial charge < -0.3 is 13.8 Å². The Balaban J connectivity index is 2.78. The van der Waals surface area contributed by atoms with Crippen molar-refractivity contribution in [2.45, 2.75) is 58.2 Å². The number of rotatable bonds is 7. The summed E-state index contributed by atoms with van der Waals surface area (Å²) < 4.78 is 29.3. The summed E-state index contributed by atoms with van der Waals surface area (Å²) in [5.74, 6) is 0. The Morgan fingerprint density at radius 2 is 1.59 bits per heavy atom. The van der Waals surface area contributed by atoms with E-state index in [1.165, 1.54) is 0 Å². The molecule has 1 rings (SSSR count). The van der Waals surface area contributed by atoms with Crippen LogP contribution in [0.25, 0.3) is 0 Å². The molecule has 0 bridgehead atoms. The maximum atomic E-state index is 12.7. The second kappa shape index (κ2) is 7.52. The molecule has 0 radical (unpaired) electrons. The van der Waals surface area contributed by atoms with Crippen molar-refractivity contribution >= 4 is 7.60 Å². The van der Waals surface area contributed by atoms with Crippen molar-refractivity contribution in [3.63, 3.8) is 0 Å². The van der Waals surface area contributed by atoms with Gasteiger partial charge in [-0.25, -0.2) is 0 Å². The topological polar surface area (TPSA) is 44.8 Å². The Hall–Kier alpha value is 0.110. The third-order valence-electron chi connectivity index (χ3n) is 3.07. The zero-order valence-electron chi connectivity index (χ0n) is 11.2. The lowest BCUT2D eigenvalue weighted by Gasteiger charge is -2.35. The Morgan fingerprint density at radius 1 is 1.00 bits per heavy atom. The molecule has 1 aliphatic rings. The van der Waals surface area contributed by atoms with Crippen molar-refractivity contribution in [3.05, 3.63) is 0 Å². The summed E-state index contributed by atoms with van der Waals surface area (Å²) in [6.07, 6.45) is 4.08. The normalized spacial score (nSPS) is 26.1. The van der Waals surface area contributed by atoms with Crippen molar-refractivity contribution in [1.82, 2.24) is 0 Å². The van der Waals surface area contributed by atoms with Crippen LogP contribution in [0.4, 0.5) is 0 Å². The maximum Gasteiger partial charge on any atom is 0.336 e. The highest BCUT2D eigenvalue weighted by atomic mass is 31.2. The second-order valence-electron chi connectivity index (χ2n) is 4.22. The number of hydrogen-bond donors (Lipinski definition) is 0. The van der Waals surface area contributed by atoms with E-state index in [-0.39, 0.29) is 11.8 Å². The summed E-state index contributed by atoms with van der Waals surface area (Å²) in [5.41, 5.74) is -0.0869. The molecule has 1 fully saturated rings. The van der Waals surface area contributed by atoms with Crippen molar-refractivity contribution in [2.75, 3.05) is 19.8 Å². The highest BCUT2D eigenvalue weighted by Gasteiger charge is 2.42. The van der Waals surface area contributed by atoms with E-state index in [9.17, 15) is 4.57 Å². The summed E-state index contributed by atoms with van der Waals surface area (Å²) >= 11 is 0. The molecule has 0 aromatic carbocycles. The SMILES string of the molecule is CCO[C@@H]1CCCC[C@H]1P(=O)(OCC)OCC. The van der Waals surface area contributed by atoms with Crippen LogP contribution in [0.5, 0.6) is 0 Å². The van der Waals surface area contributed by atoms with Crippen LogP contribution in [0.1, 0.15) is 46.5 Å². The van der Waals surface area contributed by atoms with Gasteiger partial charge in [0.05, 0.1) is 25.0 Å². The molecule has 102 valence electrons. The summed E-state index contributed by atoms with van der Waals surface area (Å²) in [4.78, 5) is 0. The first-order valence-corrected chi connectivity index (χ1v) is 8.29. The van der Waals surface area contributed by atoms with Gasteiger partial charge in [-0.2, -0.15) is 0 Å². The molecule has 17 heavy (non-hydrogen) atoms. The summed E-state index contributed by atoms with van der Waals surface area (Å²) in [6, 6.07) is 0. The Labute approximate surface area is 105 Å². The van der Waals surface area contributed by atoms with E-state index in [0.717, 1.165) is 25.7 Å². The summed E-state index contributed by atoms with van der Waals surface area (Å²) in [6.45, 7) is 7.17. The fourth-order valence-corrected chi connectivity index (χ4v) is 4.75. The molecule has 1 aliphatic carbocycles. The van der Waals surface area contributed by atoms with Gasteiger partial charge in [-0.05, 0) is 33.6 Å². The smallest absolute Gasteiger partial charge is 0.336 e. The van der Waals surface area contributed by atoms with Crippen molar-refractivity contribution < 1.29 is 18.3 Å². The summed E-state index contributed by atoms with van der Waals surface area (Å²) in [7, 11) is -3.01. The Kier molecular flexibility index (Phi) is 6.71. The first-order chi connectivity index (χ1) is 8.18. The van der Waals surface area contributed by atoms with Gasteiger partial charge in [-0.1, -0.05) is 12.8 Å². The monoisotopic (exact) mass is 264 g/mol. The quantitative estimate of drug-likeness (QED) is 0.659. The third kappa shape index (κ3) is 4.06. The van der Waals surface area contributed by atoms with E-state index < -0.39 is 7.60 Å². The maximum absolute atomic E-state index is 12.7. The lowest BCUT2D eigenvalue weighted by molar-refractivity contribution is 0.0302. The lowest BCUT2D eigenvalue weighted by atomic mass is 9.97. The van der Waals surface area contributed by atoms with Crippen LogP contribution < -0.4 is 0 Å². The van der Waals surface area contributed by atoms with Crippen molar-refractivity contribution in [3.8, 4) is 0 Å². The molecule has 4 nitrogen and oxygen atoms in total. The molecular weight excluding hydrogens is 239 g/mol. The lowest BCUT2D eigenvalue weighted by Crippen LogP contribution is -2.33. The second-order valence-corrected chi connectivity index (χ2v) is 6.48. The zero-order valence-corrected chi connectivity index (χ0v) is 12.1. The largest absolute Gasteiger partial charge is 0.378 e. The third-order valence-corrected chi connectivity index (χ3v) is 5.71. The van der Waals surface area contributed by atoms with Crippen molar-refractivity contribution in [1.29, 1.82) is 0 Å². The molecular formula is C12H25O4P. The van der Waals surface area contributed by atoms with E-state index in [2.05, 4.69) is 0 Å². The average Bonchev–Trinajstić information content (AvgIpc) is 2.31. The van der Waals surface area contributed by atoms with Gasteiger partial charge in [0.2, 0.25) is 0 Å². The van der Waals surface area contributed by atoms with Crippen LogP contribution in [-0.2, 0) is 18.3 Å². The minimum absolute atomic E-state index is 0.0256. The molecule has 0 saturated heterocycles. The fraction of sp³-hybridized carbons (Fsp3) is 1.00. The van der Waals surface area contributed by atoms with Gasteiger partial charge in [0.15, 0.2) is 0 Å². The minimum atomic E-state index is -3.01. The van der Waals surface area contributed by atoms with E-state index in [0.29, 0.717) is 19.8 Å². The van der Waals surface area contributed by atoms with E-state index >= 15 is 0 Å². The van der Waals surface area contributed by atoms with Crippen LogP contribution >= 0.6 is 7.60 Å².